The van der Waals surface area contributed by atoms with Crippen molar-refractivity contribution >= 4 is 16.7 Å². The topological polar surface area (TPSA) is 45.2 Å². The number of hydrogen-bond donors (Lipinski definition) is 1. The van der Waals surface area contributed by atoms with Crippen LogP contribution in [0.1, 0.15) is 41.6 Å². The van der Waals surface area contributed by atoms with Gasteiger partial charge in [0.05, 0.1) is 0 Å². The fourth-order valence-corrected chi connectivity index (χ4v) is 5.94. The highest BCUT2D eigenvalue weighted by molar-refractivity contribution is 6.01. The average Bonchev–Trinajstić information content (AvgIpc) is 3.11. The standard InChI is InChI=1S/C30H28FN3O/c31-24-10-9-21-14-20(7-8-22(21)15-24)19-34-26-11-12-27(34)17-25(16-26)33-30(35)29-6-2-1-5-28(29)23-4-3-13-32-18-23/h1-10,13-15,18,25-27H,11-12,16-17,19H2,(H,33,35)/t25?,26-,27+. The molecule has 2 aliphatic rings. The molecule has 5 heteroatoms. The molecule has 0 spiro atoms. The van der Waals surface area contributed by atoms with E-state index in [-0.39, 0.29) is 17.8 Å². The Morgan fingerprint density at radius 1 is 0.943 bits per heavy atom. The van der Waals surface area contributed by atoms with Crippen LogP contribution in [0.2, 0.25) is 0 Å². The van der Waals surface area contributed by atoms with Gasteiger partial charge in [-0.15, -0.1) is 0 Å². The van der Waals surface area contributed by atoms with Gasteiger partial charge in [0.25, 0.3) is 5.91 Å². The number of piperidine rings is 1. The molecule has 0 aliphatic carbocycles. The third-order valence-corrected chi connectivity index (χ3v) is 7.60. The van der Waals surface area contributed by atoms with Crippen molar-refractivity contribution < 1.29 is 9.18 Å². The summed E-state index contributed by atoms with van der Waals surface area (Å²) in [6.07, 6.45) is 7.82. The second-order valence-corrected chi connectivity index (χ2v) is 9.81. The SMILES string of the molecule is O=C(NC1C[C@H]2CC[C@@H](C1)N2Cc1ccc2cc(F)ccc2c1)c1ccccc1-c1cccnc1. The molecule has 2 aliphatic heterocycles. The van der Waals surface area contributed by atoms with Crippen LogP contribution in [0.5, 0.6) is 0 Å². The van der Waals surface area contributed by atoms with Crippen LogP contribution in [-0.4, -0.2) is 33.9 Å². The van der Waals surface area contributed by atoms with E-state index >= 15 is 0 Å². The second kappa shape index (κ2) is 9.23. The van der Waals surface area contributed by atoms with Crippen molar-refractivity contribution in [3.05, 3.63) is 102 Å². The number of rotatable bonds is 5. The first kappa shape index (κ1) is 21.9. The van der Waals surface area contributed by atoms with E-state index in [1.54, 1.807) is 18.5 Å². The van der Waals surface area contributed by atoms with E-state index in [1.807, 2.05) is 48.5 Å². The van der Waals surface area contributed by atoms with Gasteiger partial charge in [0, 0.05) is 48.2 Å². The molecule has 176 valence electrons. The number of halogens is 1. The number of carbonyl (C=O) groups excluding carboxylic acids is 1. The van der Waals surface area contributed by atoms with Gasteiger partial charge in [0.2, 0.25) is 0 Å². The molecule has 1 aromatic heterocycles. The van der Waals surface area contributed by atoms with Crippen LogP contribution in [0.4, 0.5) is 4.39 Å². The summed E-state index contributed by atoms with van der Waals surface area (Å²) in [4.78, 5) is 20.1. The fraction of sp³-hybridized carbons (Fsp3) is 0.267. The van der Waals surface area contributed by atoms with E-state index < -0.39 is 0 Å². The minimum atomic E-state index is -0.199. The molecule has 2 saturated heterocycles. The number of amides is 1. The zero-order valence-electron chi connectivity index (χ0n) is 19.5. The van der Waals surface area contributed by atoms with Crippen molar-refractivity contribution in [2.45, 2.75) is 50.4 Å². The monoisotopic (exact) mass is 465 g/mol. The first-order valence-corrected chi connectivity index (χ1v) is 12.4. The molecule has 1 amide bonds. The number of carbonyl (C=O) groups is 1. The van der Waals surface area contributed by atoms with Crippen molar-refractivity contribution in [3.8, 4) is 11.1 Å². The molecular formula is C30H28FN3O. The molecule has 2 fully saturated rings. The highest BCUT2D eigenvalue weighted by Crippen LogP contribution is 2.37. The van der Waals surface area contributed by atoms with Crippen LogP contribution < -0.4 is 5.32 Å². The van der Waals surface area contributed by atoms with Crippen LogP contribution in [0.15, 0.2) is 85.2 Å². The van der Waals surface area contributed by atoms with Crippen molar-refractivity contribution in [2.24, 2.45) is 0 Å². The summed E-state index contributed by atoms with van der Waals surface area (Å²) in [6, 6.07) is 24.0. The first-order chi connectivity index (χ1) is 17.1. The maximum atomic E-state index is 13.5. The smallest absolute Gasteiger partial charge is 0.252 e. The number of fused-ring (bicyclic) bond motifs is 3. The lowest BCUT2D eigenvalue weighted by atomic mass is 9.95. The van der Waals surface area contributed by atoms with Gasteiger partial charge in [-0.3, -0.25) is 14.7 Å². The maximum absolute atomic E-state index is 13.5. The molecule has 4 nitrogen and oxygen atoms in total. The molecule has 1 unspecified atom stereocenters. The van der Waals surface area contributed by atoms with Crippen LogP contribution in [0.25, 0.3) is 21.9 Å². The molecule has 3 heterocycles. The van der Waals surface area contributed by atoms with Gasteiger partial charge in [-0.2, -0.15) is 0 Å². The number of nitrogens with one attached hydrogen (secondary N) is 1. The molecule has 3 aromatic carbocycles. The first-order valence-electron chi connectivity index (χ1n) is 12.4. The molecular weight excluding hydrogens is 437 g/mol. The van der Waals surface area contributed by atoms with Gasteiger partial charge < -0.3 is 5.32 Å². The minimum Gasteiger partial charge on any atom is -0.349 e. The fourth-order valence-electron chi connectivity index (χ4n) is 5.94. The summed E-state index contributed by atoms with van der Waals surface area (Å²) in [5, 5.41) is 5.35. The second-order valence-electron chi connectivity index (χ2n) is 9.81. The van der Waals surface area contributed by atoms with Crippen molar-refractivity contribution in [1.82, 2.24) is 15.2 Å². The van der Waals surface area contributed by atoms with Crippen molar-refractivity contribution in [3.63, 3.8) is 0 Å². The lowest BCUT2D eigenvalue weighted by Crippen LogP contribution is -2.50. The Morgan fingerprint density at radius 2 is 1.71 bits per heavy atom. The number of benzene rings is 3. The maximum Gasteiger partial charge on any atom is 0.252 e. The molecule has 1 N–H and O–H groups in total. The van der Waals surface area contributed by atoms with E-state index in [0.29, 0.717) is 17.6 Å². The quantitative estimate of drug-likeness (QED) is 0.395. The van der Waals surface area contributed by atoms with Crippen molar-refractivity contribution in [2.75, 3.05) is 0 Å². The number of nitrogens with zero attached hydrogens (tertiary/aromatic N) is 2. The summed E-state index contributed by atoms with van der Waals surface area (Å²) in [7, 11) is 0. The summed E-state index contributed by atoms with van der Waals surface area (Å²) < 4.78 is 13.5. The van der Waals surface area contributed by atoms with E-state index in [2.05, 4.69) is 27.3 Å². The van der Waals surface area contributed by atoms with E-state index in [4.69, 9.17) is 0 Å². The number of pyridine rings is 1. The van der Waals surface area contributed by atoms with Gasteiger partial charge in [-0.1, -0.05) is 42.5 Å². The van der Waals surface area contributed by atoms with E-state index in [1.165, 1.54) is 24.5 Å². The largest absolute Gasteiger partial charge is 0.349 e. The summed E-state index contributed by atoms with van der Waals surface area (Å²) in [5.41, 5.74) is 3.82. The summed E-state index contributed by atoms with van der Waals surface area (Å²) >= 11 is 0. The lowest BCUT2D eigenvalue weighted by Gasteiger charge is -2.39. The normalized spacial score (nSPS) is 21.8. The predicted molar refractivity (Wildman–Crippen MR) is 136 cm³/mol. The third-order valence-electron chi connectivity index (χ3n) is 7.60. The Morgan fingerprint density at radius 3 is 2.51 bits per heavy atom. The summed E-state index contributed by atoms with van der Waals surface area (Å²) in [6.45, 7) is 0.896. The predicted octanol–water partition coefficient (Wildman–Crippen LogP) is 5.97. The average molecular weight is 466 g/mol. The molecule has 0 radical (unpaired) electrons. The molecule has 6 rings (SSSR count). The summed E-state index contributed by atoms with van der Waals surface area (Å²) in [5.74, 6) is -0.209. The lowest BCUT2D eigenvalue weighted by molar-refractivity contribution is 0.0828. The van der Waals surface area contributed by atoms with E-state index in [0.717, 1.165) is 41.3 Å². The van der Waals surface area contributed by atoms with Crippen molar-refractivity contribution in [1.29, 1.82) is 0 Å². The zero-order valence-corrected chi connectivity index (χ0v) is 19.5. The number of aromatic nitrogens is 1. The van der Waals surface area contributed by atoms with Gasteiger partial charge in [0.15, 0.2) is 0 Å². The Hall–Kier alpha value is -3.57. The highest BCUT2D eigenvalue weighted by Gasteiger charge is 2.41. The van der Waals surface area contributed by atoms with Gasteiger partial charge >= 0.3 is 0 Å². The Labute approximate surface area is 204 Å². The Kier molecular flexibility index (Phi) is 5.78. The molecule has 35 heavy (non-hydrogen) atoms. The minimum absolute atomic E-state index is 0.0101. The Balaban J connectivity index is 1.14. The highest BCUT2D eigenvalue weighted by atomic mass is 19.1. The van der Waals surface area contributed by atoms with Gasteiger partial charge in [-0.25, -0.2) is 4.39 Å². The van der Waals surface area contributed by atoms with Crippen LogP contribution >= 0.6 is 0 Å². The Bertz CT molecular complexity index is 1360. The van der Waals surface area contributed by atoms with Crippen LogP contribution in [-0.2, 0) is 6.54 Å². The third kappa shape index (κ3) is 4.44. The van der Waals surface area contributed by atoms with Gasteiger partial charge in [0.1, 0.15) is 5.82 Å². The molecule has 2 bridgehead atoms. The molecule has 3 atom stereocenters. The molecule has 4 aromatic rings. The zero-order chi connectivity index (χ0) is 23.8. The number of hydrogen-bond acceptors (Lipinski definition) is 3. The molecule has 0 saturated carbocycles. The van der Waals surface area contributed by atoms with Crippen LogP contribution in [0.3, 0.4) is 0 Å². The van der Waals surface area contributed by atoms with Gasteiger partial charge in [-0.05, 0) is 77.9 Å². The van der Waals surface area contributed by atoms with Crippen LogP contribution in [0, 0.1) is 5.82 Å². The van der Waals surface area contributed by atoms with E-state index in [9.17, 15) is 9.18 Å².